The lowest BCUT2D eigenvalue weighted by atomic mass is 10.2. The first-order valence-electron chi connectivity index (χ1n) is 8.95. The number of hydrogen-bond donors (Lipinski definition) is 1. The van der Waals surface area contributed by atoms with E-state index < -0.39 is 6.04 Å². The molecule has 2 rings (SSSR count). The summed E-state index contributed by atoms with van der Waals surface area (Å²) >= 11 is 0. The average Bonchev–Trinajstić information content (AvgIpc) is 3.43. The zero-order valence-electron chi connectivity index (χ0n) is 15.3. The molecule has 5 heteroatoms. The van der Waals surface area contributed by atoms with Crippen LogP contribution in [0.4, 0.5) is 0 Å². The van der Waals surface area contributed by atoms with Gasteiger partial charge in [-0.15, -0.1) is 0 Å². The Bertz CT molecular complexity index is 606. The Morgan fingerprint density at radius 3 is 2.56 bits per heavy atom. The number of ether oxygens (including phenoxy) is 1. The minimum Gasteiger partial charge on any atom is -0.497 e. The number of carbonyl (C=O) groups excluding carboxylic acids is 2. The minimum absolute atomic E-state index is 0.0000486. The summed E-state index contributed by atoms with van der Waals surface area (Å²) in [4.78, 5) is 26.5. The molecule has 1 fully saturated rings. The number of hydrogen-bond acceptors (Lipinski definition) is 3. The van der Waals surface area contributed by atoms with Crippen LogP contribution in [0.25, 0.3) is 6.08 Å². The lowest BCUT2D eigenvalue weighted by Crippen LogP contribution is -2.47. The third-order valence-corrected chi connectivity index (χ3v) is 4.25. The molecule has 0 heterocycles. The van der Waals surface area contributed by atoms with Gasteiger partial charge in [0, 0.05) is 19.2 Å². The molecule has 0 radical (unpaired) electrons. The fourth-order valence-electron chi connectivity index (χ4n) is 2.66. The summed E-state index contributed by atoms with van der Waals surface area (Å²) in [5.41, 5.74) is 0.899. The SMILES string of the molecule is CCCN(CC1CC1)C(=O)C(C)NC(=O)C=Cc1ccc(OC)cc1. The van der Waals surface area contributed by atoms with E-state index >= 15 is 0 Å². The zero-order valence-corrected chi connectivity index (χ0v) is 15.3. The van der Waals surface area contributed by atoms with Crippen LogP contribution in [-0.2, 0) is 9.59 Å². The molecule has 0 saturated heterocycles. The first-order chi connectivity index (χ1) is 12.0. The second kappa shape index (κ2) is 9.25. The van der Waals surface area contributed by atoms with Gasteiger partial charge in [0.25, 0.3) is 0 Å². The van der Waals surface area contributed by atoms with Crippen molar-refractivity contribution in [3.05, 3.63) is 35.9 Å². The Morgan fingerprint density at radius 1 is 1.32 bits per heavy atom. The quantitative estimate of drug-likeness (QED) is 0.701. The van der Waals surface area contributed by atoms with Gasteiger partial charge in [-0.1, -0.05) is 19.1 Å². The van der Waals surface area contributed by atoms with Crippen molar-refractivity contribution in [2.75, 3.05) is 20.2 Å². The van der Waals surface area contributed by atoms with E-state index in [1.807, 2.05) is 29.2 Å². The van der Waals surface area contributed by atoms with Gasteiger partial charge >= 0.3 is 0 Å². The molecule has 0 bridgehead atoms. The van der Waals surface area contributed by atoms with Crippen molar-refractivity contribution in [1.29, 1.82) is 0 Å². The third kappa shape index (κ3) is 6.25. The molecule has 0 aliphatic heterocycles. The Balaban J connectivity index is 1.86. The maximum absolute atomic E-state index is 12.5. The lowest BCUT2D eigenvalue weighted by Gasteiger charge is -2.25. The van der Waals surface area contributed by atoms with E-state index in [9.17, 15) is 9.59 Å². The van der Waals surface area contributed by atoms with Gasteiger partial charge in [0.05, 0.1) is 7.11 Å². The molecule has 1 saturated carbocycles. The van der Waals surface area contributed by atoms with Crippen LogP contribution in [0, 0.1) is 5.92 Å². The molecule has 1 atom stereocenters. The van der Waals surface area contributed by atoms with Gasteiger partial charge in [-0.3, -0.25) is 9.59 Å². The molecule has 1 aromatic rings. The highest BCUT2D eigenvalue weighted by atomic mass is 16.5. The number of methoxy groups -OCH3 is 1. The van der Waals surface area contributed by atoms with Gasteiger partial charge in [-0.05, 0) is 55.9 Å². The van der Waals surface area contributed by atoms with Crippen molar-refractivity contribution < 1.29 is 14.3 Å². The molecular formula is C20H28N2O3. The molecule has 1 aromatic carbocycles. The topological polar surface area (TPSA) is 58.6 Å². The van der Waals surface area contributed by atoms with Crippen LogP contribution < -0.4 is 10.1 Å². The van der Waals surface area contributed by atoms with Crippen molar-refractivity contribution in [3.63, 3.8) is 0 Å². The molecule has 1 N–H and O–H groups in total. The highest BCUT2D eigenvalue weighted by molar-refractivity contribution is 5.95. The molecule has 136 valence electrons. The van der Waals surface area contributed by atoms with Crippen LogP contribution in [-0.4, -0.2) is 43.0 Å². The highest BCUT2D eigenvalue weighted by Crippen LogP contribution is 2.29. The number of rotatable bonds is 9. The molecule has 25 heavy (non-hydrogen) atoms. The van der Waals surface area contributed by atoms with E-state index in [1.54, 1.807) is 20.1 Å². The summed E-state index contributed by atoms with van der Waals surface area (Å²) in [6.45, 7) is 5.37. The smallest absolute Gasteiger partial charge is 0.244 e. The highest BCUT2D eigenvalue weighted by Gasteiger charge is 2.28. The lowest BCUT2D eigenvalue weighted by molar-refractivity contribution is -0.135. The maximum atomic E-state index is 12.5. The number of benzene rings is 1. The van der Waals surface area contributed by atoms with Gasteiger partial charge < -0.3 is 15.0 Å². The number of nitrogens with one attached hydrogen (secondary N) is 1. The van der Waals surface area contributed by atoms with Crippen molar-refractivity contribution in [2.45, 2.75) is 39.2 Å². The Kier molecular flexibility index (Phi) is 7.04. The summed E-state index contributed by atoms with van der Waals surface area (Å²) in [5, 5.41) is 2.76. The Morgan fingerprint density at radius 2 is 2.00 bits per heavy atom. The van der Waals surface area contributed by atoms with Gasteiger partial charge in [0.2, 0.25) is 11.8 Å². The van der Waals surface area contributed by atoms with Gasteiger partial charge in [0.1, 0.15) is 11.8 Å². The van der Waals surface area contributed by atoms with Crippen LogP contribution in [0.1, 0.15) is 38.7 Å². The van der Waals surface area contributed by atoms with Gasteiger partial charge in [-0.2, -0.15) is 0 Å². The van der Waals surface area contributed by atoms with Crippen LogP contribution in [0.5, 0.6) is 5.75 Å². The van der Waals surface area contributed by atoms with E-state index in [0.717, 1.165) is 30.8 Å². The maximum Gasteiger partial charge on any atom is 0.244 e. The van der Waals surface area contributed by atoms with E-state index in [2.05, 4.69) is 12.2 Å². The predicted octanol–water partition coefficient (Wildman–Crippen LogP) is 2.86. The molecule has 1 aliphatic rings. The second-order valence-electron chi connectivity index (χ2n) is 6.56. The largest absolute Gasteiger partial charge is 0.497 e. The van der Waals surface area contributed by atoms with Crippen LogP contribution in [0.2, 0.25) is 0 Å². The molecule has 0 aromatic heterocycles. The molecule has 5 nitrogen and oxygen atoms in total. The van der Waals surface area contributed by atoms with Crippen LogP contribution >= 0.6 is 0 Å². The Hall–Kier alpha value is -2.30. The number of nitrogens with zero attached hydrogens (tertiary/aromatic N) is 1. The fraction of sp³-hybridized carbons (Fsp3) is 0.500. The second-order valence-corrected chi connectivity index (χ2v) is 6.56. The van der Waals surface area contributed by atoms with Crippen molar-refractivity contribution in [2.24, 2.45) is 5.92 Å². The number of carbonyl (C=O) groups is 2. The first kappa shape index (κ1) is 19.0. The molecular weight excluding hydrogens is 316 g/mol. The van der Waals surface area contributed by atoms with E-state index in [-0.39, 0.29) is 11.8 Å². The van der Waals surface area contributed by atoms with Crippen molar-refractivity contribution in [1.82, 2.24) is 10.2 Å². The summed E-state index contributed by atoms with van der Waals surface area (Å²) in [5.74, 6) is 1.15. The number of amides is 2. The first-order valence-corrected chi connectivity index (χ1v) is 8.95. The molecule has 1 unspecified atom stereocenters. The summed E-state index contributed by atoms with van der Waals surface area (Å²) < 4.78 is 5.10. The molecule has 1 aliphatic carbocycles. The zero-order chi connectivity index (χ0) is 18.2. The van der Waals surface area contributed by atoms with E-state index in [1.165, 1.54) is 18.9 Å². The van der Waals surface area contributed by atoms with E-state index in [4.69, 9.17) is 4.74 Å². The van der Waals surface area contributed by atoms with Gasteiger partial charge in [0.15, 0.2) is 0 Å². The van der Waals surface area contributed by atoms with Crippen molar-refractivity contribution in [3.8, 4) is 5.75 Å². The molecule has 2 amide bonds. The van der Waals surface area contributed by atoms with Crippen molar-refractivity contribution >= 4 is 17.9 Å². The minimum atomic E-state index is -0.515. The summed E-state index contributed by atoms with van der Waals surface area (Å²) in [7, 11) is 1.61. The third-order valence-electron chi connectivity index (χ3n) is 4.25. The average molecular weight is 344 g/mol. The predicted molar refractivity (Wildman–Crippen MR) is 99.2 cm³/mol. The normalized spacial score (nSPS) is 15.0. The summed E-state index contributed by atoms with van der Waals surface area (Å²) in [6, 6.07) is 6.90. The molecule has 0 spiro atoms. The summed E-state index contributed by atoms with van der Waals surface area (Å²) in [6.07, 6.45) is 6.52. The van der Waals surface area contributed by atoms with Crippen LogP contribution in [0.15, 0.2) is 30.3 Å². The van der Waals surface area contributed by atoms with Crippen LogP contribution in [0.3, 0.4) is 0 Å². The Labute approximate surface area is 150 Å². The van der Waals surface area contributed by atoms with E-state index in [0.29, 0.717) is 5.92 Å². The fourth-order valence-corrected chi connectivity index (χ4v) is 2.66. The monoisotopic (exact) mass is 344 g/mol. The van der Waals surface area contributed by atoms with Gasteiger partial charge in [-0.25, -0.2) is 0 Å². The standard InChI is InChI=1S/C20H28N2O3/c1-4-13-22(14-17-5-6-17)20(24)15(2)21-19(23)12-9-16-7-10-18(25-3)11-8-16/h7-12,15,17H,4-6,13-14H2,1-3H3,(H,21,23).